The highest BCUT2D eigenvalue weighted by Gasteiger charge is 2.14. The van der Waals surface area contributed by atoms with Gasteiger partial charge in [-0.25, -0.2) is 0 Å². The van der Waals surface area contributed by atoms with Crippen LogP contribution in [-0.4, -0.2) is 65.6 Å². The van der Waals surface area contributed by atoms with E-state index in [9.17, 15) is 16.8 Å². The van der Waals surface area contributed by atoms with Crippen molar-refractivity contribution in [3.8, 4) is 11.5 Å². The third-order valence-corrected chi connectivity index (χ3v) is 8.46. The van der Waals surface area contributed by atoms with Gasteiger partial charge in [-0.2, -0.15) is 52.2 Å². The molecule has 4 aromatic carbocycles. The number of hydrogen-bond acceptors (Lipinski definition) is 15. The molecular formula is C34H35N9O8S2. The standard InChI is InChI=1S/C34H35N9O8S2/c1-24-35-33(37-29-16-14-27(42-40-25-10-4-2-5-11-25)22-31(29)50-18-8-20-52(44,45)46)39-34(36-24)38-30-17-15-28(43-41-26-12-6-3-7-13-26)23-32(30)51-19-9-21-53(47,48)49/h2-7,10-17,22-23H,8-9,18-21H2,1H3,(H,44,45,46)(H,47,48,49)(H2,35,36,37,38,39). The Morgan fingerprint density at radius 3 is 1.36 bits per heavy atom. The summed E-state index contributed by atoms with van der Waals surface area (Å²) in [6.45, 7) is 1.59. The third-order valence-electron chi connectivity index (χ3n) is 6.85. The fourth-order valence-electron chi connectivity index (χ4n) is 4.49. The molecular weight excluding hydrogens is 727 g/mol. The summed E-state index contributed by atoms with van der Waals surface area (Å²) in [6.07, 6.45) is 0.0548. The van der Waals surface area contributed by atoms with Crippen molar-refractivity contribution >= 4 is 66.3 Å². The highest BCUT2D eigenvalue weighted by Crippen LogP contribution is 2.34. The van der Waals surface area contributed by atoms with Gasteiger partial charge >= 0.3 is 0 Å². The van der Waals surface area contributed by atoms with E-state index in [4.69, 9.17) is 18.6 Å². The Labute approximate surface area is 305 Å². The first-order valence-corrected chi connectivity index (χ1v) is 19.2. The molecule has 0 aliphatic heterocycles. The van der Waals surface area contributed by atoms with E-state index in [1.54, 1.807) is 67.6 Å². The number of aromatic nitrogens is 3. The van der Waals surface area contributed by atoms with Gasteiger partial charge in [-0.3, -0.25) is 9.11 Å². The van der Waals surface area contributed by atoms with Crippen LogP contribution in [0.1, 0.15) is 18.7 Å². The van der Waals surface area contributed by atoms with Gasteiger partial charge in [-0.05, 0) is 68.3 Å². The summed E-state index contributed by atoms with van der Waals surface area (Å²) in [7, 11) is -8.34. The largest absolute Gasteiger partial charge is 0.491 e. The summed E-state index contributed by atoms with van der Waals surface area (Å²) >= 11 is 0. The molecule has 0 unspecified atom stereocenters. The molecule has 0 aliphatic carbocycles. The molecule has 1 aromatic heterocycles. The van der Waals surface area contributed by atoms with Crippen molar-refractivity contribution in [2.75, 3.05) is 35.4 Å². The number of rotatable bonds is 18. The van der Waals surface area contributed by atoms with E-state index in [1.165, 1.54) is 0 Å². The molecule has 0 radical (unpaired) electrons. The van der Waals surface area contributed by atoms with Crippen LogP contribution in [0.4, 0.5) is 46.0 Å². The van der Waals surface area contributed by atoms with Gasteiger partial charge in [0.25, 0.3) is 20.2 Å². The predicted octanol–water partition coefficient (Wildman–Crippen LogP) is 7.81. The van der Waals surface area contributed by atoms with Crippen LogP contribution >= 0.6 is 0 Å². The maximum absolute atomic E-state index is 11.2. The van der Waals surface area contributed by atoms with Gasteiger partial charge in [0.2, 0.25) is 11.9 Å². The second-order valence-electron chi connectivity index (χ2n) is 11.2. The van der Waals surface area contributed by atoms with Crippen molar-refractivity contribution < 1.29 is 35.4 Å². The van der Waals surface area contributed by atoms with E-state index in [2.05, 4.69) is 46.0 Å². The van der Waals surface area contributed by atoms with Gasteiger partial charge in [0.1, 0.15) is 17.3 Å². The molecule has 17 nitrogen and oxygen atoms in total. The first-order chi connectivity index (χ1) is 25.4. The van der Waals surface area contributed by atoms with E-state index < -0.39 is 31.7 Å². The Balaban J connectivity index is 1.38. The van der Waals surface area contributed by atoms with E-state index in [0.717, 1.165) is 0 Å². The molecule has 0 saturated heterocycles. The maximum atomic E-state index is 11.2. The highest BCUT2D eigenvalue weighted by atomic mass is 32.2. The third kappa shape index (κ3) is 13.3. The van der Waals surface area contributed by atoms with Gasteiger partial charge in [-0.1, -0.05) is 36.4 Å². The van der Waals surface area contributed by atoms with Crippen LogP contribution in [0.5, 0.6) is 11.5 Å². The average molecular weight is 762 g/mol. The number of aryl methyl sites for hydroxylation is 1. The van der Waals surface area contributed by atoms with Crippen molar-refractivity contribution in [3.05, 3.63) is 103 Å². The SMILES string of the molecule is Cc1nc(Nc2ccc(N=Nc3ccccc3)cc2OCCCS(=O)(=O)O)nc(Nc2ccc(N=Nc3ccccc3)cc2OCCCS(=O)(=O)O)n1. The number of nitrogens with zero attached hydrogens (tertiary/aromatic N) is 7. The van der Waals surface area contributed by atoms with Crippen LogP contribution in [0, 0.1) is 6.92 Å². The zero-order chi connectivity index (χ0) is 37.7. The summed E-state index contributed by atoms with van der Waals surface area (Å²) < 4.78 is 74.9. The number of hydrogen-bond donors (Lipinski definition) is 4. The smallest absolute Gasteiger partial charge is 0.264 e. The Morgan fingerprint density at radius 1 is 0.566 bits per heavy atom. The first kappa shape index (κ1) is 38.3. The van der Waals surface area contributed by atoms with Crippen molar-refractivity contribution in [2.45, 2.75) is 19.8 Å². The molecule has 19 heteroatoms. The Morgan fingerprint density at radius 2 is 0.962 bits per heavy atom. The molecule has 0 amide bonds. The van der Waals surface area contributed by atoms with E-state index in [1.807, 2.05) is 36.4 Å². The zero-order valence-corrected chi connectivity index (χ0v) is 29.9. The van der Waals surface area contributed by atoms with Crippen molar-refractivity contribution in [1.82, 2.24) is 15.0 Å². The second-order valence-corrected chi connectivity index (χ2v) is 14.3. The second kappa shape index (κ2) is 18.0. The molecule has 276 valence electrons. The minimum atomic E-state index is -4.17. The Hall–Kier alpha value is -5.89. The predicted molar refractivity (Wildman–Crippen MR) is 198 cm³/mol. The number of benzene rings is 4. The lowest BCUT2D eigenvalue weighted by Crippen LogP contribution is -2.10. The van der Waals surface area contributed by atoms with Crippen LogP contribution < -0.4 is 20.1 Å². The highest BCUT2D eigenvalue weighted by molar-refractivity contribution is 7.86. The minimum Gasteiger partial charge on any atom is -0.491 e. The molecule has 0 bridgehead atoms. The van der Waals surface area contributed by atoms with Gasteiger partial charge in [-0.15, -0.1) is 0 Å². The number of azo groups is 2. The lowest BCUT2D eigenvalue weighted by atomic mass is 10.2. The zero-order valence-electron chi connectivity index (χ0n) is 28.3. The lowest BCUT2D eigenvalue weighted by molar-refractivity contribution is 0.317. The molecule has 1 heterocycles. The number of nitrogens with one attached hydrogen (secondary N) is 2. The fraction of sp³-hybridized carbons (Fsp3) is 0.206. The molecule has 5 rings (SSSR count). The Kier molecular flexibility index (Phi) is 13.1. The summed E-state index contributed by atoms with van der Waals surface area (Å²) in [6, 6.07) is 28.2. The molecule has 5 aromatic rings. The average Bonchev–Trinajstić information content (AvgIpc) is 3.11. The monoisotopic (exact) mass is 761 g/mol. The van der Waals surface area contributed by atoms with Gasteiger partial charge in [0, 0.05) is 12.1 Å². The molecule has 0 spiro atoms. The van der Waals surface area contributed by atoms with Crippen LogP contribution in [0.2, 0.25) is 0 Å². The summed E-state index contributed by atoms with van der Waals surface area (Å²) in [5.41, 5.74) is 3.03. The van der Waals surface area contributed by atoms with E-state index >= 15 is 0 Å². The molecule has 0 atom stereocenters. The van der Waals surface area contributed by atoms with Gasteiger partial charge in [0.05, 0.1) is 58.8 Å². The quantitative estimate of drug-likeness (QED) is 0.0379. The molecule has 4 N–H and O–H groups in total. The minimum absolute atomic E-state index is 0.0274. The van der Waals surface area contributed by atoms with Gasteiger partial charge < -0.3 is 20.1 Å². The van der Waals surface area contributed by atoms with Crippen molar-refractivity contribution in [1.29, 1.82) is 0 Å². The van der Waals surface area contributed by atoms with Crippen molar-refractivity contribution in [2.24, 2.45) is 20.5 Å². The lowest BCUT2D eigenvalue weighted by Gasteiger charge is -2.15. The van der Waals surface area contributed by atoms with E-state index in [-0.39, 0.29) is 38.0 Å². The Bertz CT molecular complexity index is 2120. The first-order valence-electron chi connectivity index (χ1n) is 16.0. The maximum Gasteiger partial charge on any atom is 0.264 e. The fourth-order valence-corrected chi connectivity index (χ4v) is 5.46. The number of ether oxygens (including phenoxy) is 2. The van der Waals surface area contributed by atoms with Crippen LogP contribution in [0.15, 0.2) is 118 Å². The normalized spacial score (nSPS) is 11.9. The topological polar surface area (TPSA) is 239 Å². The van der Waals surface area contributed by atoms with Gasteiger partial charge in [0.15, 0.2) is 0 Å². The number of anilines is 4. The van der Waals surface area contributed by atoms with E-state index in [0.29, 0.717) is 51.4 Å². The van der Waals surface area contributed by atoms with Crippen LogP contribution in [0.25, 0.3) is 0 Å². The summed E-state index contributed by atoms with van der Waals surface area (Å²) in [5.74, 6) is 0.229. The van der Waals surface area contributed by atoms with Crippen LogP contribution in [-0.2, 0) is 20.2 Å². The summed E-state index contributed by atoms with van der Waals surface area (Å²) in [5, 5.41) is 23.2. The van der Waals surface area contributed by atoms with Crippen molar-refractivity contribution in [3.63, 3.8) is 0 Å². The van der Waals surface area contributed by atoms with Crippen LogP contribution in [0.3, 0.4) is 0 Å². The molecule has 0 fully saturated rings. The summed E-state index contributed by atoms with van der Waals surface area (Å²) in [4.78, 5) is 13.3. The molecule has 0 aliphatic rings. The molecule has 53 heavy (non-hydrogen) atoms. The molecule has 0 saturated carbocycles.